The highest BCUT2D eigenvalue weighted by atomic mass is 15.2. The molecule has 2 unspecified atom stereocenters. The lowest BCUT2D eigenvalue weighted by Crippen LogP contribution is -2.05. The van der Waals surface area contributed by atoms with Gasteiger partial charge in [0.1, 0.15) is 11.3 Å². The van der Waals surface area contributed by atoms with Gasteiger partial charge in [0.2, 0.25) is 0 Å². The summed E-state index contributed by atoms with van der Waals surface area (Å²) >= 11 is 0. The van der Waals surface area contributed by atoms with E-state index in [1.807, 2.05) is 12.1 Å². The van der Waals surface area contributed by atoms with Crippen LogP contribution in [0.3, 0.4) is 0 Å². The van der Waals surface area contributed by atoms with Crippen LogP contribution in [0.1, 0.15) is 37.0 Å². The van der Waals surface area contributed by atoms with E-state index in [0.717, 1.165) is 11.2 Å². The van der Waals surface area contributed by atoms with Crippen molar-refractivity contribution < 1.29 is 0 Å². The van der Waals surface area contributed by atoms with Gasteiger partial charge in [-0.25, -0.2) is 4.98 Å². The zero-order valence-electron chi connectivity index (χ0n) is 8.48. The van der Waals surface area contributed by atoms with Crippen LogP contribution in [-0.4, -0.2) is 9.55 Å². The standard InChI is InChI=1S/C12H13N3/c13-9-2-1-3-10-11(9)14-12-7-4-5-8(6-7)15(10)12/h1-3,7-8H,4-6,13H2. The molecule has 1 aromatic carbocycles. The molecule has 2 atom stereocenters. The largest absolute Gasteiger partial charge is 0.397 e. The van der Waals surface area contributed by atoms with E-state index < -0.39 is 0 Å². The summed E-state index contributed by atoms with van der Waals surface area (Å²) in [6.45, 7) is 0. The number of aromatic nitrogens is 2. The van der Waals surface area contributed by atoms with Gasteiger partial charge in [-0.05, 0) is 31.4 Å². The van der Waals surface area contributed by atoms with Crippen molar-refractivity contribution in [3.8, 4) is 0 Å². The maximum Gasteiger partial charge on any atom is 0.113 e. The van der Waals surface area contributed by atoms with Crippen LogP contribution in [0, 0.1) is 0 Å². The molecule has 76 valence electrons. The Bertz CT molecular complexity index is 555. The van der Waals surface area contributed by atoms with Gasteiger partial charge in [0, 0.05) is 12.0 Å². The van der Waals surface area contributed by atoms with Crippen LogP contribution in [0.2, 0.25) is 0 Å². The first-order valence-corrected chi connectivity index (χ1v) is 5.61. The highest BCUT2D eigenvalue weighted by molar-refractivity contribution is 5.88. The average Bonchev–Trinajstić information content (AvgIpc) is 2.87. The lowest BCUT2D eigenvalue weighted by molar-refractivity contribution is 0.539. The van der Waals surface area contributed by atoms with Crippen molar-refractivity contribution in [2.75, 3.05) is 5.73 Å². The number of nitrogens with two attached hydrogens (primary N) is 1. The van der Waals surface area contributed by atoms with Gasteiger partial charge in [-0.2, -0.15) is 0 Å². The fraction of sp³-hybridized carbons (Fsp3) is 0.417. The van der Waals surface area contributed by atoms with E-state index in [0.29, 0.717) is 12.0 Å². The fourth-order valence-electron chi connectivity index (χ4n) is 3.26. The smallest absolute Gasteiger partial charge is 0.113 e. The Morgan fingerprint density at radius 2 is 2.27 bits per heavy atom. The zero-order chi connectivity index (χ0) is 9.99. The predicted molar refractivity (Wildman–Crippen MR) is 59.8 cm³/mol. The summed E-state index contributed by atoms with van der Waals surface area (Å²) in [5, 5.41) is 0. The molecule has 15 heavy (non-hydrogen) atoms. The Hall–Kier alpha value is -1.51. The normalized spacial score (nSPS) is 27.5. The van der Waals surface area contributed by atoms with Crippen molar-refractivity contribution in [2.24, 2.45) is 0 Å². The molecule has 3 heteroatoms. The van der Waals surface area contributed by atoms with E-state index >= 15 is 0 Å². The number of hydrogen-bond acceptors (Lipinski definition) is 2. The summed E-state index contributed by atoms with van der Waals surface area (Å²) in [6, 6.07) is 6.80. The Morgan fingerprint density at radius 3 is 3.20 bits per heavy atom. The summed E-state index contributed by atoms with van der Waals surface area (Å²) in [5.41, 5.74) is 9.00. The summed E-state index contributed by atoms with van der Waals surface area (Å²) < 4.78 is 2.42. The van der Waals surface area contributed by atoms with Crippen molar-refractivity contribution in [3.05, 3.63) is 24.0 Å². The monoisotopic (exact) mass is 199 g/mol. The average molecular weight is 199 g/mol. The topological polar surface area (TPSA) is 43.8 Å². The molecule has 1 aromatic heterocycles. The molecule has 1 saturated carbocycles. The number of nitrogens with zero attached hydrogens (tertiary/aromatic N) is 2. The lowest BCUT2D eigenvalue weighted by Gasteiger charge is -2.13. The van der Waals surface area contributed by atoms with E-state index in [9.17, 15) is 0 Å². The van der Waals surface area contributed by atoms with Gasteiger partial charge in [0.05, 0.1) is 11.2 Å². The Morgan fingerprint density at radius 1 is 1.33 bits per heavy atom. The fourth-order valence-corrected chi connectivity index (χ4v) is 3.26. The Balaban J connectivity index is 2.13. The molecule has 0 saturated heterocycles. The third-order valence-corrected chi connectivity index (χ3v) is 3.91. The molecule has 2 aliphatic rings. The minimum atomic E-state index is 0.691. The summed E-state index contributed by atoms with van der Waals surface area (Å²) in [6.07, 6.45) is 3.93. The number of nitrogen functional groups attached to an aromatic ring is 1. The second-order valence-electron chi connectivity index (χ2n) is 4.72. The molecule has 2 heterocycles. The quantitative estimate of drug-likeness (QED) is 0.662. The molecule has 1 aliphatic carbocycles. The van der Waals surface area contributed by atoms with Gasteiger partial charge in [-0.15, -0.1) is 0 Å². The van der Waals surface area contributed by atoms with Gasteiger partial charge in [-0.3, -0.25) is 0 Å². The van der Waals surface area contributed by atoms with Crippen LogP contribution in [0.15, 0.2) is 18.2 Å². The number of anilines is 1. The van der Waals surface area contributed by atoms with Crippen molar-refractivity contribution in [3.63, 3.8) is 0 Å². The van der Waals surface area contributed by atoms with Crippen LogP contribution >= 0.6 is 0 Å². The molecule has 0 amide bonds. The third kappa shape index (κ3) is 0.798. The Kier molecular flexibility index (Phi) is 1.21. The second kappa shape index (κ2) is 2.35. The van der Waals surface area contributed by atoms with E-state index in [1.54, 1.807) is 0 Å². The van der Waals surface area contributed by atoms with E-state index in [-0.39, 0.29) is 0 Å². The maximum absolute atomic E-state index is 5.95. The molecule has 2 bridgehead atoms. The van der Waals surface area contributed by atoms with Crippen molar-refractivity contribution in [1.29, 1.82) is 0 Å². The van der Waals surface area contributed by atoms with Gasteiger partial charge >= 0.3 is 0 Å². The van der Waals surface area contributed by atoms with Crippen LogP contribution in [-0.2, 0) is 0 Å². The van der Waals surface area contributed by atoms with E-state index in [4.69, 9.17) is 10.7 Å². The number of benzene rings is 1. The first-order chi connectivity index (χ1) is 7.34. The SMILES string of the molecule is Nc1cccc2c1nc1n2C2CCC1C2. The third-order valence-electron chi connectivity index (χ3n) is 3.91. The van der Waals surface area contributed by atoms with Gasteiger partial charge in [-0.1, -0.05) is 6.07 Å². The minimum Gasteiger partial charge on any atom is -0.397 e. The summed E-state index contributed by atoms with van der Waals surface area (Å²) in [7, 11) is 0. The zero-order valence-corrected chi connectivity index (χ0v) is 8.48. The predicted octanol–water partition coefficient (Wildman–Crippen LogP) is 2.44. The maximum atomic E-state index is 5.95. The molecule has 1 fully saturated rings. The van der Waals surface area contributed by atoms with Crippen LogP contribution < -0.4 is 5.73 Å². The molecule has 3 nitrogen and oxygen atoms in total. The summed E-state index contributed by atoms with van der Waals surface area (Å²) in [5.74, 6) is 1.97. The molecule has 2 aromatic rings. The number of fused-ring (bicyclic) bond motifs is 7. The molecule has 4 rings (SSSR count). The van der Waals surface area contributed by atoms with E-state index in [2.05, 4.69) is 10.6 Å². The molecule has 0 radical (unpaired) electrons. The van der Waals surface area contributed by atoms with Crippen LogP contribution in [0.5, 0.6) is 0 Å². The number of imidazole rings is 1. The van der Waals surface area contributed by atoms with Crippen molar-refractivity contribution in [2.45, 2.75) is 31.2 Å². The van der Waals surface area contributed by atoms with Crippen LogP contribution in [0.25, 0.3) is 11.0 Å². The lowest BCUT2D eigenvalue weighted by atomic mass is 10.1. The van der Waals surface area contributed by atoms with E-state index in [1.165, 1.54) is 30.6 Å². The molecule has 1 aliphatic heterocycles. The van der Waals surface area contributed by atoms with Gasteiger partial charge in [0.15, 0.2) is 0 Å². The van der Waals surface area contributed by atoms with Crippen molar-refractivity contribution >= 4 is 16.7 Å². The molecule has 0 spiro atoms. The van der Waals surface area contributed by atoms with Gasteiger partial charge < -0.3 is 10.3 Å². The first kappa shape index (κ1) is 7.74. The number of hydrogen-bond donors (Lipinski definition) is 1. The van der Waals surface area contributed by atoms with Crippen LogP contribution in [0.4, 0.5) is 5.69 Å². The number of rotatable bonds is 0. The highest BCUT2D eigenvalue weighted by Crippen LogP contribution is 2.50. The van der Waals surface area contributed by atoms with Gasteiger partial charge in [0.25, 0.3) is 0 Å². The Labute approximate surface area is 87.9 Å². The highest BCUT2D eigenvalue weighted by Gasteiger charge is 2.39. The molecule has 2 N–H and O–H groups in total. The van der Waals surface area contributed by atoms with Crippen molar-refractivity contribution in [1.82, 2.24) is 9.55 Å². The first-order valence-electron chi connectivity index (χ1n) is 5.61. The second-order valence-corrected chi connectivity index (χ2v) is 4.72. The minimum absolute atomic E-state index is 0.691. The number of para-hydroxylation sites is 1. The molecular formula is C12H13N3. The summed E-state index contributed by atoms with van der Waals surface area (Å²) in [4.78, 5) is 4.71. The molecular weight excluding hydrogens is 186 g/mol.